The molecule has 0 saturated heterocycles. The van der Waals surface area contributed by atoms with Gasteiger partial charge in [-0.2, -0.15) is 12.6 Å². The normalized spacial score (nSPS) is 14.4. The summed E-state index contributed by atoms with van der Waals surface area (Å²) in [6, 6.07) is -0.830. The molecule has 0 rings (SSSR count). The highest BCUT2D eigenvalue weighted by Crippen LogP contribution is 2.13. The first-order valence-corrected chi connectivity index (χ1v) is 5.41. The molecule has 0 heterocycles. The molecule has 4 N–H and O–H groups in total. The van der Waals surface area contributed by atoms with Gasteiger partial charge in [-0.05, 0) is 26.2 Å². The number of carboxylic acid groups (broad SMARTS) is 1. The number of nitrogens with zero attached hydrogens (tertiary/aromatic N) is 1. The molecular weight excluding hydrogens is 214 g/mol. The molecule has 0 radical (unpaired) electrons. The van der Waals surface area contributed by atoms with Crippen LogP contribution in [0.4, 0.5) is 0 Å². The first-order valence-electron chi connectivity index (χ1n) is 4.90. The highest BCUT2D eigenvalue weighted by atomic mass is 32.1. The molecular formula is C9H19N3O2S. The van der Waals surface area contributed by atoms with E-state index in [2.05, 4.69) is 12.6 Å². The number of carbonyl (C=O) groups is 1. The fourth-order valence-electron chi connectivity index (χ4n) is 1.17. The van der Waals surface area contributed by atoms with Gasteiger partial charge >= 0.3 is 5.97 Å². The van der Waals surface area contributed by atoms with Crippen molar-refractivity contribution < 1.29 is 9.90 Å². The molecule has 0 aromatic heterocycles. The van der Waals surface area contributed by atoms with E-state index in [-0.39, 0.29) is 11.1 Å². The van der Waals surface area contributed by atoms with E-state index in [0.29, 0.717) is 12.8 Å². The second kappa shape index (κ2) is 6.68. The van der Waals surface area contributed by atoms with Gasteiger partial charge in [0.15, 0.2) is 0 Å². The number of aliphatic carboxylic acids is 1. The molecule has 0 spiro atoms. The van der Waals surface area contributed by atoms with E-state index >= 15 is 0 Å². The van der Waals surface area contributed by atoms with E-state index in [9.17, 15) is 4.79 Å². The second-order valence-corrected chi connectivity index (χ2v) is 4.22. The summed E-state index contributed by atoms with van der Waals surface area (Å²) in [4.78, 5) is 10.9. The van der Waals surface area contributed by atoms with Gasteiger partial charge in [0.05, 0.1) is 0 Å². The first-order chi connectivity index (χ1) is 6.90. The Morgan fingerprint density at radius 3 is 2.47 bits per heavy atom. The third-order valence-corrected chi connectivity index (χ3v) is 2.88. The van der Waals surface area contributed by atoms with Crippen molar-refractivity contribution >= 4 is 24.4 Å². The predicted molar refractivity (Wildman–Crippen MR) is 63.1 cm³/mol. The minimum absolute atomic E-state index is 0.0506. The van der Waals surface area contributed by atoms with Gasteiger partial charge in [-0.3, -0.25) is 10.4 Å². The Bertz CT molecular complexity index is 235. The van der Waals surface area contributed by atoms with E-state index in [1.807, 2.05) is 6.92 Å². The molecule has 5 nitrogen and oxygen atoms in total. The maximum atomic E-state index is 10.9. The molecule has 0 aliphatic carbocycles. The van der Waals surface area contributed by atoms with Gasteiger partial charge in [0, 0.05) is 5.25 Å². The van der Waals surface area contributed by atoms with Gasteiger partial charge < -0.3 is 5.11 Å². The van der Waals surface area contributed by atoms with Crippen LogP contribution in [-0.4, -0.2) is 33.2 Å². The van der Waals surface area contributed by atoms with Gasteiger partial charge in [0.25, 0.3) is 0 Å². The standard InChI is InChI=1S/C9H19N3O2S/c1-3-7(15)4-5-8(9(13)14)12(11)6(2)10/h7-8,10,15H,3-5,11H2,1-2H3,(H,13,14)/t7-,8-/m0/s1. The van der Waals surface area contributed by atoms with Crippen LogP contribution in [0.15, 0.2) is 0 Å². The Kier molecular flexibility index (Phi) is 6.35. The van der Waals surface area contributed by atoms with E-state index in [1.165, 1.54) is 6.92 Å². The predicted octanol–water partition coefficient (Wildman–Crippen LogP) is 1.10. The lowest BCUT2D eigenvalue weighted by Crippen LogP contribution is -2.48. The Morgan fingerprint density at radius 2 is 2.13 bits per heavy atom. The maximum absolute atomic E-state index is 10.9. The fraction of sp³-hybridized carbons (Fsp3) is 0.778. The topological polar surface area (TPSA) is 90.4 Å². The van der Waals surface area contributed by atoms with E-state index < -0.39 is 12.0 Å². The minimum Gasteiger partial charge on any atom is -0.480 e. The lowest BCUT2D eigenvalue weighted by molar-refractivity contribution is -0.142. The van der Waals surface area contributed by atoms with Crippen molar-refractivity contribution in [3.05, 3.63) is 0 Å². The zero-order chi connectivity index (χ0) is 12.0. The summed E-state index contributed by atoms with van der Waals surface area (Å²) in [6.07, 6.45) is 1.98. The highest BCUT2D eigenvalue weighted by Gasteiger charge is 2.24. The number of thiol groups is 1. The van der Waals surface area contributed by atoms with Crippen molar-refractivity contribution in [1.82, 2.24) is 5.01 Å². The van der Waals surface area contributed by atoms with Crippen LogP contribution in [0.3, 0.4) is 0 Å². The molecule has 0 aliphatic heterocycles. The Balaban J connectivity index is 4.29. The average Bonchev–Trinajstić information content (AvgIpc) is 2.16. The van der Waals surface area contributed by atoms with Crippen LogP contribution in [-0.2, 0) is 4.79 Å². The summed E-state index contributed by atoms with van der Waals surface area (Å²) >= 11 is 4.29. The Morgan fingerprint density at radius 1 is 1.60 bits per heavy atom. The number of hydrogen-bond acceptors (Lipinski definition) is 4. The molecule has 15 heavy (non-hydrogen) atoms. The summed E-state index contributed by atoms with van der Waals surface area (Å²) in [5, 5.41) is 17.4. The van der Waals surface area contributed by atoms with Gasteiger partial charge in [0.2, 0.25) is 0 Å². The van der Waals surface area contributed by atoms with E-state index in [1.54, 1.807) is 0 Å². The molecule has 0 fully saturated rings. The zero-order valence-corrected chi connectivity index (χ0v) is 10.00. The van der Waals surface area contributed by atoms with E-state index in [0.717, 1.165) is 11.4 Å². The Labute approximate surface area is 95.5 Å². The summed E-state index contributed by atoms with van der Waals surface area (Å²) in [7, 11) is 0. The maximum Gasteiger partial charge on any atom is 0.327 e. The zero-order valence-electron chi connectivity index (χ0n) is 9.10. The number of hydrazine groups is 1. The van der Waals surface area contributed by atoms with Crippen molar-refractivity contribution in [2.75, 3.05) is 0 Å². The van der Waals surface area contributed by atoms with Gasteiger partial charge in [-0.1, -0.05) is 6.92 Å². The van der Waals surface area contributed by atoms with Crippen molar-refractivity contribution in [2.45, 2.75) is 44.4 Å². The summed E-state index contributed by atoms with van der Waals surface area (Å²) in [5.41, 5.74) is 0. The number of amidine groups is 1. The van der Waals surface area contributed by atoms with Gasteiger partial charge in [-0.15, -0.1) is 0 Å². The number of hydrogen-bond donors (Lipinski definition) is 4. The number of nitrogens with two attached hydrogens (primary N) is 1. The lowest BCUT2D eigenvalue weighted by Gasteiger charge is -2.25. The summed E-state index contributed by atoms with van der Waals surface area (Å²) in [5.74, 6) is 4.54. The highest BCUT2D eigenvalue weighted by molar-refractivity contribution is 7.80. The molecule has 0 saturated carbocycles. The fourth-order valence-corrected chi connectivity index (χ4v) is 1.32. The van der Waals surface area contributed by atoms with Crippen LogP contribution in [0.5, 0.6) is 0 Å². The van der Waals surface area contributed by atoms with Crippen LogP contribution in [0.1, 0.15) is 33.1 Å². The largest absolute Gasteiger partial charge is 0.480 e. The molecule has 0 aromatic rings. The van der Waals surface area contributed by atoms with Crippen molar-refractivity contribution in [2.24, 2.45) is 5.84 Å². The third kappa shape index (κ3) is 5.03. The van der Waals surface area contributed by atoms with Gasteiger partial charge in [0.1, 0.15) is 11.9 Å². The number of rotatable bonds is 6. The molecule has 88 valence electrons. The van der Waals surface area contributed by atoms with Crippen LogP contribution in [0.25, 0.3) is 0 Å². The number of carboxylic acids is 1. The lowest BCUT2D eigenvalue weighted by atomic mass is 10.1. The quantitative estimate of drug-likeness (QED) is 0.182. The van der Waals surface area contributed by atoms with Crippen LogP contribution < -0.4 is 5.84 Å². The molecule has 0 bridgehead atoms. The molecule has 6 heteroatoms. The van der Waals surface area contributed by atoms with E-state index in [4.69, 9.17) is 16.4 Å². The first kappa shape index (κ1) is 14.2. The monoisotopic (exact) mass is 233 g/mol. The van der Waals surface area contributed by atoms with Crippen molar-refractivity contribution in [3.63, 3.8) is 0 Å². The number of nitrogens with one attached hydrogen (secondary N) is 1. The Hall–Kier alpha value is -0.750. The minimum atomic E-state index is -0.999. The molecule has 0 unspecified atom stereocenters. The second-order valence-electron chi connectivity index (χ2n) is 3.49. The average molecular weight is 233 g/mol. The summed E-state index contributed by atoms with van der Waals surface area (Å²) < 4.78 is 0. The SMILES string of the molecule is CC[C@H](S)CC[C@@H](C(=O)O)N(N)C(C)=N. The molecule has 0 amide bonds. The van der Waals surface area contributed by atoms with Crippen LogP contribution in [0.2, 0.25) is 0 Å². The van der Waals surface area contributed by atoms with Crippen molar-refractivity contribution in [3.8, 4) is 0 Å². The van der Waals surface area contributed by atoms with Crippen molar-refractivity contribution in [1.29, 1.82) is 5.41 Å². The van der Waals surface area contributed by atoms with Crippen LogP contribution in [0, 0.1) is 5.41 Å². The molecule has 2 atom stereocenters. The third-order valence-electron chi connectivity index (χ3n) is 2.25. The van der Waals surface area contributed by atoms with Crippen LogP contribution >= 0.6 is 12.6 Å². The molecule has 0 aromatic carbocycles. The summed E-state index contributed by atoms with van der Waals surface area (Å²) in [6.45, 7) is 3.46. The van der Waals surface area contributed by atoms with Gasteiger partial charge in [-0.25, -0.2) is 10.6 Å². The molecule has 0 aliphatic rings. The smallest absolute Gasteiger partial charge is 0.327 e.